The van der Waals surface area contributed by atoms with Crippen LogP contribution in [0.2, 0.25) is 0 Å². The topological polar surface area (TPSA) is 116 Å². The van der Waals surface area contributed by atoms with E-state index in [1.807, 2.05) is 49.4 Å². The van der Waals surface area contributed by atoms with Crippen molar-refractivity contribution in [1.29, 1.82) is 0 Å². The minimum Gasteiger partial charge on any atom is -0.493 e. The number of anilines is 1. The predicted octanol–water partition coefficient (Wildman–Crippen LogP) is 6.25. The molecule has 3 aromatic rings. The van der Waals surface area contributed by atoms with Gasteiger partial charge < -0.3 is 34.2 Å². The molecular weight excluding hydrogens is 578 g/mol. The molecule has 1 aliphatic heterocycles. The third-order valence-corrected chi connectivity index (χ3v) is 9.90. The van der Waals surface area contributed by atoms with Gasteiger partial charge in [-0.1, -0.05) is 6.92 Å². The van der Waals surface area contributed by atoms with E-state index in [4.69, 9.17) is 34.2 Å². The lowest BCUT2D eigenvalue weighted by atomic mass is 10.0. The van der Waals surface area contributed by atoms with Gasteiger partial charge in [-0.05, 0) is 78.9 Å². The van der Waals surface area contributed by atoms with Crippen LogP contribution in [0, 0.1) is 0 Å². The zero-order chi connectivity index (χ0) is 30.3. The quantitative estimate of drug-likeness (QED) is 0.126. The van der Waals surface area contributed by atoms with E-state index in [-0.39, 0.29) is 28.6 Å². The molecule has 3 aromatic carbocycles. The Morgan fingerprint density at radius 3 is 1.90 bits per heavy atom. The van der Waals surface area contributed by atoms with Crippen LogP contribution in [0.3, 0.4) is 0 Å². The molecule has 1 fully saturated rings. The Balaban J connectivity index is 1.59. The zero-order valence-electron chi connectivity index (χ0n) is 24.7. The highest BCUT2D eigenvalue weighted by atomic mass is 32.2. The summed E-state index contributed by atoms with van der Waals surface area (Å²) >= 11 is 1.60. The fraction of sp³-hybridized carbons (Fsp3) is 0.419. The van der Waals surface area contributed by atoms with E-state index < -0.39 is 9.84 Å². The maximum atomic E-state index is 13.4. The lowest BCUT2D eigenvalue weighted by Crippen LogP contribution is -2.12. The van der Waals surface area contributed by atoms with Gasteiger partial charge >= 0.3 is 0 Å². The van der Waals surface area contributed by atoms with E-state index in [1.165, 1.54) is 7.11 Å². The lowest BCUT2D eigenvalue weighted by molar-refractivity contribution is 0.0435. The van der Waals surface area contributed by atoms with Crippen molar-refractivity contribution in [2.45, 2.75) is 48.2 Å². The molecule has 11 heteroatoms. The van der Waals surface area contributed by atoms with Crippen LogP contribution in [-0.4, -0.2) is 55.0 Å². The SMILES string of the molecule is CCCS(=O)(=O)c1cc([C@H]2CC[C@H](c3cc(OC)c(OC)c(OC)c3)O2)cc(OC)c1OCCSc1ccc(N)cc1. The summed E-state index contributed by atoms with van der Waals surface area (Å²) in [5, 5.41) is 0. The van der Waals surface area contributed by atoms with Crippen molar-refractivity contribution in [3.8, 4) is 28.7 Å². The van der Waals surface area contributed by atoms with Crippen LogP contribution in [0.25, 0.3) is 0 Å². The molecular formula is C31H39NO8S2. The van der Waals surface area contributed by atoms with E-state index in [0.717, 1.165) is 22.4 Å². The summed E-state index contributed by atoms with van der Waals surface area (Å²) < 4.78 is 61.6. The first kappa shape index (κ1) is 31.7. The van der Waals surface area contributed by atoms with Crippen LogP contribution in [0.5, 0.6) is 28.7 Å². The molecule has 2 N–H and O–H groups in total. The number of ether oxygens (including phenoxy) is 6. The molecule has 1 heterocycles. The third kappa shape index (κ3) is 7.19. The molecule has 0 spiro atoms. The van der Waals surface area contributed by atoms with Crippen molar-refractivity contribution in [3.63, 3.8) is 0 Å². The van der Waals surface area contributed by atoms with Gasteiger partial charge in [0.05, 0.1) is 53.0 Å². The Morgan fingerprint density at radius 2 is 1.38 bits per heavy atom. The van der Waals surface area contributed by atoms with Gasteiger partial charge in [-0.2, -0.15) is 0 Å². The zero-order valence-corrected chi connectivity index (χ0v) is 26.3. The number of nitrogen functional groups attached to an aromatic ring is 1. The second-order valence-corrected chi connectivity index (χ2v) is 13.0. The number of hydrogen-bond donors (Lipinski definition) is 1. The molecule has 0 radical (unpaired) electrons. The van der Waals surface area contributed by atoms with Gasteiger partial charge in [-0.3, -0.25) is 0 Å². The number of sulfone groups is 1. The molecule has 0 unspecified atom stereocenters. The molecule has 9 nitrogen and oxygen atoms in total. The first-order valence-electron chi connectivity index (χ1n) is 13.8. The molecule has 42 heavy (non-hydrogen) atoms. The van der Waals surface area contributed by atoms with Crippen molar-refractivity contribution >= 4 is 27.3 Å². The molecule has 0 bridgehead atoms. The minimum absolute atomic E-state index is 0.00422. The lowest BCUT2D eigenvalue weighted by Gasteiger charge is -2.21. The summed E-state index contributed by atoms with van der Waals surface area (Å²) in [6, 6.07) is 14.8. The summed E-state index contributed by atoms with van der Waals surface area (Å²) in [4.78, 5) is 1.17. The Kier molecular flexibility index (Phi) is 10.7. The fourth-order valence-electron chi connectivity index (χ4n) is 4.97. The molecule has 1 aliphatic rings. The Bertz CT molecular complexity index is 1440. The summed E-state index contributed by atoms with van der Waals surface area (Å²) in [6.45, 7) is 2.13. The van der Waals surface area contributed by atoms with Gasteiger partial charge in [-0.15, -0.1) is 11.8 Å². The molecule has 228 valence electrons. The first-order chi connectivity index (χ1) is 20.2. The Morgan fingerprint density at radius 1 is 0.833 bits per heavy atom. The molecule has 0 amide bonds. The molecule has 0 aromatic heterocycles. The molecule has 2 atom stereocenters. The highest BCUT2D eigenvalue weighted by molar-refractivity contribution is 7.99. The largest absolute Gasteiger partial charge is 0.493 e. The van der Waals surface area contributed by atoms with E-state index in [0.29, 0.717) is 53.9 Å². The van der Waals surface area contributed by atoms with Crippen molar-refractivity contribution in [3.05, 3.63) is 59.7 Å². The molecule has 4 rings (SSSR count). The van der Waals surface area contributed by atoms with Gasteiger partial charge in [0.15, 0.2) is 32.8 Å². The van der Waals surface area contributed by atoms with Gasteiger partial charge in [0.1, 0.15) is 4.90 Å². The number of hydrogen-bond acceptors (Lipinski definition) is 10. The monoisotopic (exact) mass is 617 g/mol. The van der Waals surface area contributed by atoms with E-state index in [9.17, 15) is 8.42 Å². The van der Waals surface area contributed by atoms with E-state index >= 15 is 0 Å². The predicted molar refractivity (Wildman–Crippen MR) is 164 cm³/mol. The normalized spacial score (nSPS) is 16.7. The van der Waals surface area contributed by atoms with Crippen molar-refractivity contribution in [2.24, 2.45) is 0 Å². The summed E-state index contributed by atoms with van der Waals surface area (Å²) in [5.41, 5.74) is 8.08. The van der Waals surface area contributed by atoms with Crippen LogP contribution < -0.4 is 29.4 Å². The smallest absolute Gasteiger partial charge is 0.203 e. The highest BCUT2D eigenvalue weighted by Gasteiger charge is 2.32. The van der Waals surface area contributed by atoms with E-state index in [1.54, 1.807) is 39.2 Å². The van der Waals surface area contributed by atoms with Gasteiger partial charge in [0.25, 0.3) is 0 Å². The average molecular weight is 618 g/mol. The average Bonchev–Trinajstić information content (AvgIpc) is 3.49. The third-order valence-electron chi connectivity index (χ3n) is 7.00. The van der Waals surface area contributed by atoms with Crippen LogP contribution in [0.4, 0.5) is 5.69 Å². The molecule has 0 aliphatic carbocycles. The summed E-state index contributed by atoms with van der Waals surface area (Å²) in [5.74, 6) is 2.80. The van der Waals surface area contributed by atoms with Gasteiger partial charge in [0.2, 0.25) is 5.75 Å². The van der Waals surface area contributed by atoms with Gasteiger partial charge in [-0.25, -0.2) is 8.42 Å². The fourth-order valence-corrected chi connectivity index (χ4v) is 7.21. The molecule has 0 saturated carbocycles. The van der Waals surface area contributed by atoms with Crippen molar-refractivity contribution in [1.82, 2.24) is 0 Å². The minimum atomic E-state index is -3.64. The van der Waals surface area contributed by atoms with Crippen LogP contribution in [-0.2, 0) is 14.6 Å². The van der Waals surface area contributed by atoms with Crippen LogP contribution in [0.1, 0.15) is 49.5 Å². The second-order valence-electron chi connectivity index (χ2n) is 9.78. The highest BCUT2D eigenvalue weighted by Crippen LogP contribution is 2.48. The Labute approximate surface area is 252 Å². The molecule has 1 saturated heterocycles. The Hall–Kier alpha value is -3.28. The number of benzene rings is 3. The first-order valence-corrected chi connectivity index (χ1v) is 16.4. The summed E-state index contributed by atoms with van der Waals surface area (Å²) in [7, 11) is 2.58. The number of methoxy groups -OCH3 is 4. The standard InChI is InChI=1S/C31H39NO8S2/c1-6-15-42(33,34)29-19-21(18-28(37-4)31(29)39-13-14-41-23-9-7-22(32)8-10-23)25-12-11-24(40-25)20-16-26(35-2)30(38-5)27(17-20)36-3/h7-10,16-19,24-25H,6,11-15,32H2,1-5H3/t24-,25-/m1/s1. The summed E-state index contributed by atoms with van der Waals surface area (Å²) in [6.07, 6.45) is 1.31. The van der Waals surface area contributed by atoms with Crippen LogP contribution in [0.15, 0.2) is 58.3 Å². The van der Waals surface area contributed by atoms with Crippen molar-refractivity contribution < 1.29 is 36.8 Å². The number of rotatable bonds is 14. The van der Waals surface area contributed by atoms with Crippen LogP contribution >= 0.6 is 11.8 Å². The maximum absolute atomic E-state index is 13.4. The number of thioether (sulfide) groups is 1. The number of nitrogens with two attached hydrogens (primary N) is 1. The van der Waals surface area contributed by atoms with Crippen molar-refractivity contribution in [2.75, 3.05) is 52.3 Å². The maximum Gasteiger partial charge on any atom is 0.203 e. The van der Waals surface area contributed by atoms with E-state index in [2.05, 4.69) is 0 Å². The van der Waals surface area contributed by atoms with Gasteiger partial charge in [0, 0.05) is 16.3 Å². The second kappa shape index (κ2) is 14.3.